The minimum absolute atomic E-state index is 0.219. The molecule has 0 aliphatic carbocycles. The SMILES string of the molecule is C=CCC(C)NC(C)c1cc(Cl)sc1Cl. The molecule has 0 saturated carbocycles. The fourth-order valence-electron chi connectivity index (χ4n) is 1.48. The predicted molar refractivity (Wildman–Crippen MR) is 70.2 cm³/mol. The zero-order valence-corrected chi connectivity index (χ0v) is 11.2. The van der Waals surface area contributed by atoms with E-state index in [1.165, 1.54) is 11.3 Å². The molecule has 1 nitrogen and oxygen atoms in total. The highest BCUT2D eigenvalue weighted by molar-refractivity contribution is 7.20. The molecule has 2 unspecified atom stereocenters. The first-order valence-electron chi connectivity index (χ1n) is 4.86. The summed E-state index contributed by atoms with van der Waals surface area (Å²) in [6.07, 6.45) is 2.85. The monoisotopic (exact) mass is 263 g/mol. The van der Waals surface area contributed by atoms with Gasteiger partial charge in [0.25, 0.3) is 0 Å². The summed E-state index contributed by atoms with van der Waals surface area (Å²) in [7, 11) is 0. The van der Waals surface area contributed by atoms with E-state index >= 15 is 0 Å². The van der Waals surface area contributed by atoms with Gasteiger partial charge >= 0.3 is 0 Å². The van der Waals surface area contributed by atoms with Gasteiger partial charge in [0.05, 0.1) is 8.67 Å². The summed E-state index contributed by atoms with van der Waals surface area (Å²) in [6, 6.07) is 2.54. The van der Waals surface area contributed by atoms with Gasteiger partial charge in [-0.05, 0) is 31.9 Å². The van der Waals surface area contributed by atoms with Gasteiger partial charge in [-0.1, -0.05) is 29.3 Å². The van der Waals surface area contributed by atoms with Crippen LogP contribution in [0.3, 0.4) is 0 Å². The van der Waals surface area contributed by atoms with E-state index < -0.39 is 0 Å². The topological polar surface area (TPSA) is 12.0 Å². The first-order chi connectivity index (χ1) is 7.04. The molecule has 0 aliphatic heterocycles. The minimum Gasteiger partial charge on any atom is -0.307 e. The molecular formula is C11H15Cl2NS. The van der Waals surface area contributed by atoms with Gasteiger partial charge in [-0.15, -0.1) is 17.9 Å². The summed E-state index contributed by atoms with van der Waals surface area (Å²) in [4.78, 5) is 0. The van der Waals surface area contributed by atoms with E-state index in [0.29, 0.717) is 6.04 Å². The van der Waals surface area contributed by atoms with Gasteiger partial charge in [-0.3, -0.25) is 0 Å². The first-order valence-corrected chi connectivity index (χ1v) is 6.43. The lowest BCUT2D eigenvalue weighted by Crippen LogP contribution is -2.28. The van der Waals surface area contributed by atoms with Crippen LogP contribution in [0.2, 0.25) is 8.67 Å². The van der Waals surface area contributed by atoms with E-state index in [4.69, 9.17) is 23.2 Å². The fraction of sp³-hybridized carbons (Fsp3) is 0.455. The molecule has 1 aromatic rings. The zero-order chi connectivity index (χ0) is 11.4. The van der Waals surface area contributed by atoms with E-state index in [-0.39, 0.29) is 6.04 Å². The van der Waals surface area contributed by atoms with Gasteiger partial charge in [-0.25, -0.2) is 0 Å². The second-order valence-corrected chi connectivity index (χ2v) is 5.88. The first kappa shape index (κ1) is 13.0. The van der Waals surface area contributed by atoms with Crippen LogP contribution in [-0.2, 0) is 0 Å². The third-order valence-corrected chi connectivity index (χ3v) is 3.72. The van der Waals surface area contributed by atoms with Crippen molar-refractivity contribution in [1.29, 1.82) is 0 Å². The highest BCUT2D eigenvalue weighted by Crippen LogP contribution is 2.34. The Kier molecular flexibility index (Phi) is 5.13. The smallest absolute Gasteiger partial charge is 0.0991 e. The largest absolute Gasteiger partial charge is 0.307 e. The molecule has 2 atom stereocenters. The molecule has 1 heterocycles. The Hall–Kier alpha value is -0.0200. The molecule has 4 heteroatoms. The van der Waals surface area contributed by atoms with Crippen LogP contribution in [0.25, 0.3) is 0 Å². The quantitative estimate of drug-likeness (QED) is 0.762. The molecule has 84 valence electrons. The lowest BCUT2D eigenvalue weighted by Gasteiger charge is -2.18. The summed E-state index contributed by atoms with van der Waals surface area (Å²) in [5, 5.41) is 3.44. The van der Waals surface area contributed by atoms with Crippen LogP contribution in [0, 0.1) is 0 Å². The molecule has 0 amide bonds. The molecule has 1 rings (SSSR count). The van der Waals surface area contributed by atoms with Crippen LogP contribution in [0.5, 0.6) is 0 Å². The number of hydrogen-bond donors (Lipinski definition) is 1. The second-order valence-electron chi connectivity index (χ2n) is 3.59. The van der Waals surface area contributed by atoms with Gasteiger partial charge in [0.1, 0.15) is 0 Å². The lowest BCUT2D eigenvalue weighted by molar-refractivity contribution is 0.483. The number of rotatable bonds is 5. The average molecular weight is 264 g/mol. The molecule has 0 bridgehead atoms. The molecule has 1 N–H and O–H groups in total. The predicted octanol–water partition coefficient (Wildman–Crippen LogP) is 4.67. The molecule has 0 fully saturated rings. The van der Waals surface area contributed by atoms with Crippen molar-refractivity contribution in [3.05, 3.63) is 33.0 Å². The third-order valence-electron chi connectivity index (χ3n) is 2.20. The maximum absolute atomic E-state index is 6.07. The molecule has 0 radical (unpaired) electrons. The van der Waals surface area contributed by atoms with E-state index in [1.54, 1.807) is 0 Å². The summed E-state index contributed by atoms with van der Waals surface area (Å²) >= 11 is 13.4. The molecular weight excluding hydrogens is 249 g/mol. The number of halogens is 2. The minimum atomic E-state index is 0.219. The van der Waals surface area contributed by atoms with E-state index in [2.05, 4.69) is 25.7 Å². The van der Waals surface area contributed by atoms with E-state index in [1.807, 2.05) is 12.1 Å². The Labute approximate surface area is 105 Å². The fourth-order valence-corrected chi connectivity index (χ4v) is 3.13. The maximum Gasteiger partial charge on any atom is 0.0991 e. The lowest BCUT2D eigenvalue weighted by atomic mass is 10.1. The second kappa shape index (κ2) is 5.90. The highest BCUT2D eigenvalue weighted by atomic mass is 35.5. The maximum atomic E-state index is 6.07. The Morgan fingerprint density at radius 1 is 1.53 bits per heavy atom. The standard InChI is InChI=1S/C11H15Cl2NS/c1-4-5-7(2)14-8(3)9-6-10(12)15-11(9)13/h4,6-8,14H,1,5H2,2-3H3. The van der Waals surface area contributed by atoms with Gasteiger partial charge in [-0.2, -0.15) is 0 Å². The molecule has 0 spiro atoms. The number of hydrogen-bond acceptors (Lipinski definition) is 2. The van der Waals surface area contributed by atoms with Crippen molar-refractivity contribution in [2.24, 2.45) is 0 Å². The van der Waals surface area contributed by atoms with Gasteiger partial charge in [0, 0.05) is 12.1 Å². The van der Waals surface area contributed by atoms with Gasteiger partial charge in [0.15, 0.2) is 0 Å². The zero-order valence-electron chi connectivity index (χ0n) is 8.89. The Balaban J connectivity index is 2.64. The van der Waals surface area contributed by atoms with Crippen molar-refractivity contribution < 1.29 is 0 Å². The molecule has 0 saturated heterocycles. The summed E-state index contributed by atoms with van der Waals surface area (Å²) < 4.78 is 1.51. The van der Waals surface area contributed by atoms with Crippen molar-refractivity contribution in [1.82, 2.24) is 5.32 Å². The van der Waals surface area contributed by atoms with Gasteiger partial charge < -0.3 is 5.32 Å². The van der Waals surface area contributed by atoms with Crippen molar-refractivity contribution in [3.63, 3.8) is 0 Å². The Morgan fingerprint density at radius 2 is 2.20 bits per heavy atom. The Morgan fingerprint density at radius 3 is 2.67 bits per heavy atom. The molecule has 0 aliphatic rings. The molecule has 1 aromatic heterocycles. The number of thiophene rings is 1. The summed E-state index contributed by atoms with van der Waals surface area (Å²) in [5.41, 5.74) is 1.07. The summed E-state index contributed by atoms with van der Waals surface area (Å²) in [5.74, 6) is 0. The van der Waals surface area contributed by atoms with E-state index in [9.17, 15) is 0 Å². The highest BCUT2D eigenvalue weighted by Gasteiger charge is 2.14. The van der Waals surface area contributed by atoms with Crippen LogP contribution < -0.4 is 5.32 Å². The van der Waals surface area contributed by atoms with Gasteiger partial charge in [0.2, 0.25) is 0 Å². The van der Waals surface area contributed by atoms with Crippen molar-refractivity contribution >= 4 is 34.5 Å². The van der Waals surface area contributed by atoms with Crippen molar-refractivity contribution in [2.75, 3.05) is 0 Å². The average Bonchev–Trinajstić information content (AvgIpc) is 2.45. The van der Waals surface area contributed by atoms with Crippen molar-refractivity contribution in [2.45, 2.75) is 32.4 Å². The summed E-state index contributed by atoms with van der Waals surface area (Å²) in [6.45, 7) is 7.93. The van der Waals surface area contributed by atoms with Crippen LogP contribution in [0.1, 0.15) is 31.9 Å². The van der Waals surface area contributed by atoms with Crippen LogP contribution in [0.4, 0.5) is 0 Å². The third kappa shape index (κ3) is 3.80. The van der Waals surface area contributed by atoms with Crippen LogP contribution in [0.15, 0.2) is 18.7 Å². The van der Waals surface area contributed by atoms with Crippen molar-refractivity contribution in [3.8, 4) is 0 Å². The van der Waals surface area contributed by atoms with E-state index in [0.717, 1.165) is 20.7 Å². The van der Waals surface area contributed by atoms with Crippen LogP contribution >= 0.6 is 34.5 Å². The molecule has 15 heavy (non-hydrogen) atoms. The normalized spacial score (nSPS) is 14.9. The number of nitrogens with one attached hydrogen (secondary N) is 1. The Bertz CT molecular complexity index is 335. The van der Waals surface area contributed by atoms with Crippen LogP contribution in [-0.4, -0.2) is 6.04 Å². The molecule has 0 aromatic carbocycles.